The van der Waals surface area contributed by atoms with Gasteiger partial charge in [-0.25, -0.2) is 19.7 Å². The van der Waals surface area contributed by atoms with E-state index in [4.69, 9.17) is 0 Å². The third-order valence-corrected chi connectivity index (χ3v) is 5.61. The Morgan fingerprint density at radius 2 is 1.94 bits per heavy atom. The first-order valence-corrected chi connectivity index (χ1v) is 11.7. The fourth-order valence-corrected chi connectivity index (χ4v) is 3.81. The number of aromatic amines is 1. The number of benzene rings is 1. The van der Waals surface area contributed by atoms with Crippen molar-refractivity contribution in [2.75, 3.05) is 50.5 Å². The Labute approximate surface area is 204 Å². The molecule has 182 valence electrons. The number of nitrogens with zero attached hydrogens (tertiary/aromatic N) is 6. The first-order valence-electron chi connectivity index (χ1n) is 11.7. The van der Waals surface area contributed by atoms with Gasteiger partial charge in [0.05, 0.1) is 16.7 Å². The molecule has 0 bridgehead atoms. The minimum atomic E-state index is -0.315. The number of likely N-dealkylation sites (N-methyl/N-ethyl adjacent to an activating group) is 2. The van der Waals surface area contributed by atoms with Gasteiger partial charge in [-0.3, -0.25) is 10.3 Å². The minimum Gasteiger partial charge on any atom is -0.355 e. The summed E-state index contributed by atoms with van der Waals surface area (Å²) in [7, 11) is 4.12. The number of urea groups is 1. The Morgan fingerprint density at radius 3 is 2.66 bits per heavy atom. The maximum atomic E-state index is 12.1. The highest BCUT2D eigenvalue weighted by molar-refractivity contribution is 5.98. The van der Waals surface area contributed by atoms with Crippen LogP contribution in [0.2, 0.25) is 0 Å². The molecule has 10 nitrogen and oxygen atoms in total. The number of hydrogen-bond donors (Lipinski definition) is 3. The lowest BCUT2D eigenvalue weighted by molar-refractivity contribution is 0.252. The molecule has 0 unspecified atom stereocenters. The van der Waals surface area contributed by atoms with Gasteiger partial charge in [-0.05, 0) is 51.7 Å². The highest BCUT2D eigenvalue weighted by Gasteiger charge is 2.16. The zero-order valence-electron chi connectivity index (χ0n) is 20.5. The highest BCUT2D eigenvalue weighted by atomic mass is 16.2. The maximum Gasteiger partial charge on any atom is 0.321 e. The van der Waals surface area contributed by atoms with Gasteiger partial charge in [0, 0.05) is 55.8 Å². The molecule has 10 heteroatoms. The highest BCUT2D eigenvalue weighted by Crippen LogP contribution is 2.33. The molecule has 0 aliphatic heterocycles. The second-order valence-corrected chi connectivity index (χ2v) is 8.37. The number of amides is 2. The summed E-state index contributed by atoms with van der Waals surface area (Å²) in [6.45, 7) is 7.11. The number of hydrogen-bond acceptors (Lipinski definition) is 7. The Kier molecular flexibility index (Phi) is 7.51. The van der Waals surface area contributed by atoms with Crippen molar-refractivity contribution in [1.29, 1.82) is 0 Å². The molecular formula is C25H31N9O. The zero-order chi connectivity index (χ0) is 24.8. The van der Waals surface area contributed by atoms with E-state index in [0.717, 1.165) is 53.4 Å². The van der Waals surface area contributed by atoms with Gasteiger partial charge >= 0.3 is 6.03 Å². The minimum absolute atomic E-state index is 0.315. The van der Waals surface area contributed by atoms with Crippen LogP contribution in [-0.2, 0) is 0 Å². The number of rotatable bonds is 9. The van der Waals surface area contributed by atoms with Crippen LogP contribution in [0.25, 0.3) is 33.4 Å². The second-order valence-electron chi connectivity index (χ2n) is 8.37. The van der Waals surface area contributed by atoms with E-state index in [0.29, 0.717) is 18.0 Å². The normalized spacial score (nSPS) is 11.1. The smallest absolute Gasteiger partial charge is 0.321 e. The fourth-order valence-electron chi connectivity index (χ4n) is 3.81. The van der Waals surface area contributed by atoms with Crippen molar-refractivity contribution in [3.8, 4) is 22.4 Å². The molecule has 3 aromatic heterocycles. The van der Waals surface area contributed by atoms with Crippen LogP contribution < -0.4 is 15.5 Å². The summed E-state index contributed by atoms with van der Waals surface area (Å²) in [5.41, 5.74) is 5.05. The first kappa shape index (κ1) is 24.1. The topological polar surface area (TPSA) is 115 Å². The van der Waals surface area contributed by atoms with Gasteiger partial charge in [0.25, 0.3) is 0 Å². The van der Waals surface area contributed by atoms with Crippen LogP contribution in [0.3, 0.4) is 0 Å². The summed E-state index contributed by atoms with van der Waals surface area (Å²) in [5, 5.41) is 5.48. The molecule has 0 saturated carbocycles. The number of carbonyl (C=O) groups excluding carboxylic acids is 1. The van der Waals surface area contributed by atoms with Gasteiger partial charge < -0.3 is 20.1 Å². The average molecular weight is 474 g/mol. The van der Waals surface area contributed by atoms with Gasteiger partial charge in [-0.15, -0.1) is 0 Å². The monoisotopic (exact) mass is 473 g/mol. The van der Waals surface area contributed by atoms with Crippen molar-refractivity contribution in [2.45, 2.75) is 13.8 Å². The van der Waals surface area contributed by atoms with E-state index in [9.17, 15) is 4.79 Å². The Balaban J connectivity index is 1.80. The first-order chi connectivity index (χ1) is 17.0. The molecule has 0 aliphatic carbocycles. The lowest BCUT2D eigenvalue weighted by Crippen LogP contribution is -2.32. The molecule has 0 radical (unpaired) electrons. The van der Waals surface area contributed by atoms with E-state index in [2.05, 4.69) is 72.4 Å². The van der Waals surface area contributed by atoms with E-state index in [1.54, 1.807) is 12.5 Å². The van der Waals surface area contributed by atoms with Crippen molar-refractivity contribution >= 4 is 28.8 Å². The molecule has 2 amide bonds. The number of pyridine rings is 1. The third kappa shape index (κ3) is 5.72. The van der Waals surface area contributed by atoms with Crippen LogP contribution in [-0.4, -0.2) is 76.1 Å². The molecule has 3 heterocycles. The van der Waals surface area contributed by atoms with Gasteiger partial charge in [0.1, 0.15) is 12.1 Å². The van der Waals surface area contributed by atoms with Crippen LogP contribution in [0.5, 0.6) is 0 Å². The summed E-state index contributed by atoms with van der Waals surface area (Å²) >= 11 is 0. The Morgan fingerprint density at radius 1 is 1.09 bits per heavy atom. The Bertz CT molecular complexity index is 1290. The van der Waals surface area contributed by atoms with Crippen molar-refractivity contribution in [3.63, 3.8) is 0 Å². The molecule has 1 aromatic carbocycles. The second kappa shape index (κ2) is 10.9. The zero-order valence-corrected chi connectivity index (χ0v) is 20.5. The third-order valence-electron chi connectivity index (χ3n) is 5.61. The van der Waals surface area contributed by atoms with Crippen molar-refractivity contribution in [2.24, 2.45) is 0 Å². The summed E-state index contributed by atoms with van der Waals surface area (Å²) in [4.78, 5) is 37.7. The summed E-state index contributed by atoms with van der Waals surface area (Å²) in [6, 6.07) is 9.63. The molecule has 3 N–H and O–H groups in total. The number of anilines is 2. The number of nitrogens with one attached hydrogen (secondary N) is 3. The van der Waals surface area contributed by atoms with Gasteiger partial charge in [-0.1, -0.05) is 6.07 Å². The van der Waals surface area contributed by atoms with Gasteiger partial charge in [0.2, 0.25) is 5.95 Å². The van der Waals surface area contributed by atoms with Crippen molar-refractivity contribution < 1.29 is 4.79 Å². The summed E-state index contributed by atoms with van der Waals surface area (Å²) in [6.07, 6.45) is 5.16. The van der Waals surface area contributed by atoms with Crippen molar-refractivity contribution in [3.05, 3.63) is 49.1 Å². The average Bonchev–Trinajstić information content (AvgIpc) is 3.26. The largest absolute Gasteiger partial charge is 0.355 e. The number of carbonyl (C=O) groups is 1. The predicted molar refractivity (Wildman–Crippen MR) is 139 cm³/mol. The van der Waals surface area contributed by atoms with Crippen LogP contribution in [0.4, 0.5) is 16.6 Å². The molecule has 4 aromatic rings. The van der Waals surface area contributed by atoms with Crippen LogP contribution >= 0.6 is 0 Å². The van der Waals surface area contributed by atoms with E-state index in [1.165, 1.54) is 0 Å². The van der Waals surface area contributed by atoms with Crippen molar-refractivity contribution in [1.82, 2.24) is 35.1 Å². The molecule has 4 rings (SSSR count). The quantitative estimate of drug-likeness (QED) is 0.340. The fraction of sp³-hybridized carbons (Fsp3) is 0.320. The molecule has 0 atom stereocenters. The standard InChI is InChI=1S/C25H31N9O/c1-5-27-25(35)32-24-30-21-13-18(17-8-7-9-26-15-17)12-19(23(21)31-24)20-14-22(29-16-28-20)34(6-2)11-10-33(3)4/h7-9,12-16H,5-6,10-11H2,1-4H3,(H3,27,30,31,32,35). The molecule has 35 heavy (non-hydrogen) atoms. The van der Waals surface area contributed by atoms with E-state index < -0.39 is 0 Å². The lowest BCUT2D eigenvalue weighted by Gasteiger charge is -2.24. The molecule has 0 fully saturated rings. The molecule has 0 spiro atoms. The summed E-state index contributed by atoms with van der Waals surface area (Å²) in [5.74, 6) is 1.23. The number of aromatic nitrogens is 5. The molecular weight excluding hydrogens is 442 g/mol. The SMILES string of the molecule is CCNC(=O)Nc1nc2cc(-c3cccnc3)cc(-c3cc(N(CC)CCN(C)C)ncn3)c2[nH]1. The summed E-state index contributed by atoms with van der Waals surface area (Å²) < 4.78 is 0. The van der Waals surface area contributed by atoms with Crippen LogP contribution in [0, 0.1) is 0 Å². The van der Waals surface area contributed by atoms with E-state index in [1.807, 2.05) is 37.4 Å². The number of imidazole rings is 1. The van der Waals surface area contributed by atoms with E-state index >= 15 is 0 Å². The number of H-pyrrole nitrogens is 1. The molecule has 0 saturated heterocycles. The number of fused-ring (bicyclic) bond motifs is 1. The van der Waals surface area contributed by atoms with Gasteiger partial charge in [-0.2, -0.15) is 0 Å². The predicted octanol–water partition coefficient (Wildman–Crippen LogP) is 3.61. The Hall–Kier alpha value is -4.05. The lowest BCUT2D eigenvalue weighted by atomic mass is 10.0. The molecule has 0 aliphatic rings. The van der Waals surface area contributed by atoms with Gasteiger partial charge in [0.15, 0.2) is 0 Å². The van der Waals surface area contributed by atoms with Crippen LogP contribution in [0.15, 0.2) is 49.1 Å². The van der Waals surface area contributed by atoms with Crippen LogP contribution in [0.1, 0.15) is 13.8 Å². The van der Waals surface area contributed by atoms with E-state index in [-0.39, 0.29) is 6.03 Å². The maximum absolute atomic E-state index is 12.1.